The molecule has 32 heavy (non-hydrogen) atoms. The standard InChI is InChI=1S/C27H23NO3S/c1-31-27(30)24-23(20-14-13-17-7-2-3-9-19(17)15-20)16-32-26(24)28-25(29)22-12-6-10-18-8-4-5-11-21(18)22/h4-6,8,10-16H,2-3,7,9H2,1H3,(H,28,29). The van der Waals surface area contributed by atoms with Gasteiger partial charge in [-0.1, -0.05) is 54.6 Å². The molecule has 160 valence electrons. The number of rotatable bonds is 4. The highest BCUT2D eigenvalue weighted by atomic mass is 32.1. The van der Waals surface area contributed by atoms with E-state index in [4.69, 9.17) is 4.74 Å². The second kappa shape index (κ2) is 8.60. The zero-order valence-corrected chi connectivity index (χ0v) is 18.6. The van der Waals surface area contributed by atoms with E-state index in [9.17, 15) is 9.59 Å². The molecule has 0 spiro atoms. The van der Waals surface area contributed by atoms with E-state index in [0.717, 1.165) is 34.7 Å². The van der Waals surface area contributed by atoms with Gasteiger partial charge in [0.25, 0.3) is 5.91 Å². The van der Waals surface area contributed by atoms with Crippen LogP contribution >= 0.6 is 11.3 Å². The van der Waals surface area contributed by atoms with Crippen LogP contribution < -0.4 is 5.32 Å². The van der Waals surface area contributed by atoms with Crippen molar-refractivity contribution in [3.8, 4) is 11.1 Å². The molecule has 1 heterocycles. The second-order valence-electron chi connectivity index (χ2n) is 8.02. The molecule has 0 fully saturated rings. The minimum absolute atomic E-state index is 0.245. The zero-order chi connectivity index (χ0) is 22.1. The number of esters is 1. The number of benzene rings is 3. The molecule has 0 unspecified atom stereocenters. The summed E-state index contributed by atoms with van der Waals surface area (Å²) < 4.78 is 5.08. The van der Waals surface area contributed by atoms with E-state index in [-0.39, 0.29) is 5.91 Å². The quantitative estimate of drug-likeness (QED) is 0.369. The number of hydrogen-bond donors (Lipinski definition) is 1. The molecule has 1 aliphatic carbocycles. The summed E-state index contributed by atoms with van der Waals surface area (Å²) in [4.78, 5) is 25.9. The smallest absolute Gasteiger partial charge is 0.341 e. The van der Waals surface area contributed by atoms with Gasteiger partial charge in [-0.3, -0.25) is 4.79 Å². The van der Waals surface area contributed by atoms with Crippen LogP contribution in [0.1, 0.15) is 44.7 Å². The van der Waals surface area contributed by atoms with E-state index in [1.165, 1.54) is 42.4 Å². The maximum Gasteiger partial charge on any atom is 0.341 e. The monoisotopic (exact) mass is 441 g/mol. The summed E-state index contributed by atoms with van der Waals surface area (Å²) in [7, 11) is 1.37. The van der Waals surface area contributed by atoms with Gasteiger partial charge in [-0.05, 0) is 59.2 Å². The third-order valence-electron chi connectivity index (χ3n) is 6.10. The highest BCUT2D eigenvalue weighted by Gasteiger charge is 2.24. The molecule has 1 aliphatic rings. The number of aryl methyl sites for hydroxylation is 2. The lowest BCUT2D eigenvalue weighted by Gasteiger charge is -2.17. The van der Waals surface area contributed by atoms with Crippen molar-refractivity contribution in [1.82, 2.24) is 0 Å². The van der Waals surface area contributed by atoms with E-state index in [1.54, 1.807) is 6.07 Å². The van der Waals surface area contributed by atoms with Gasteiger partial charge >= 0.3 is 5.97 Å². The van der Waals surface area contributed by atoms with Crippen LogP contribution in [-0.2, 0) is 17.6 Å². The number of anilines is 1. The molecule has 4 nitrogen and oxygen atoms in total. The molecule has 0 bridgehead atoms. The molecule has 0 radical (unpaired) electrons. The molecule has 0 aliphatic heterocycles. The average Bonchev–Trinajstić information content (AvgIpc) is 3.26. The SMILES string of the molecule is COC(=O)c1c(-c2ccc3c(c2)CCCC3)csc1NC(=O)c1cccc2ccccc12. The molecule has 0 saturated heterocycles. The fraction of sp³-hybridized carbons (Fsp3) is 0.185. The zero-order valence-electron chi connectivity index (χ0n) is 17.8. The van der Waals surface area contributed by atoms with Crippen molar-refractivity contribution in [2.75, 3.05) is 12.4 Å². The molecule has 3 aromatic carbocycles. The summed E-state index contributed by atoms with van der Waals surface area (Å²) in [6.45, 7) is 0. The van der Waals surface area contributed by atoms with Crippen molar-refractivity contribution >= 4 is 39.0 Å². The number of ether oxygens (including phenoxy) is 1. The Morgan fingerprint density at radius 1 is 0.938 bits per heavy atom. The molecule has 1 aromatic heterocycles. The first kappa shape index (κ1) is 20.5. The first-order valence-electron chi connectivity index (χ1n) is 10.8. The van der Waals surface area contributed by atoms with Crippen LogP contribution in [-0.4, -0.2) is 19.0 Å². The molecule has 0 saturated carbocycles. The average molecular weight is 442 g/mol. The van der Waals surface area contributed by atoms with Gasteiger partial charge in [0.2, 0.25) is 0 Å². The Bertz CT molecular complexity index is 1330. The number of hydrogen-bond acceptors (Lipinski definition) is 4. The van der Waals surface area contributed by atoms with Gasteiger partial charge in [0.05, 0.1) is 7.11 Å². The summed E-state index contributed by atoms with van der Waals surface area (Å²) in [5.74, 6) is -0.696. The van der Waals surface area contributed by atoms with Crippen LogP contribution in [0, 0.1) is 0 Å². The number of fused-ring (bicyclic) bond motifs is 2. The Balaban J connectivity index is 1.53. The van der Waals surface area contributed by atoms with Crippen molar-refractivity contribution in [3.63, 3.8) is 0 Å². The van der Waals surface area contributed by atoms with Gasteiger partial charge < -0.3 is 10.1 Å². The number of carbonyl (C=O) groups excluding carboxylic acids is 2. The van der Waals surface area contributed by atoms with Gasteiger partial charge in [0.15, 0.2) is 0 Å². The Kier molecular flexibility index (Phi) is 5.50. The first-order chi connectivity index (χ1) is 15.7. The van der Waals surface area contributed by atoms with Crippen molar-refractivity contribution in [2.24, 2.45) is 0 Å². The van der Waals surface area contributed by atoms with E-state index in [2.05, 4.69) is 23.5 Å². The minimum atomic E-state index is -0.452. The van der Waals surface area contributed by atoms with Crippen LogP contribution in [0.4, 0.5) is 5.00 Å². The molecule has 1 N–H and O–H groups in total. The van der Waals surface area contributed by atoms with Crippen LogP contribution in [0.2, 0.25) is 0 Å². The summed E-state index contributed by atoms with van der Waals surface area (Å²) in [6.07, 6.45) is 4.58. The predicted molar refractivity (Wildman–Crippen MR) is 130 cm³/mol. The topological polar surface area (TPSA) is 55.4 Å². The first-order valence-corrected chi connectivity index (χ1v) is 11.6. The number of nitrogens with one attached hydrogen (secondary N) is 1. The van der Waals surface area contributed by atoms with E-state index >= 15 is 0 Å². The van der Waals surface area contributed by atoms with E-state index in [0.29, 0.717) is 16.1 Å². The fourth-order valence-electron chi connectivity index (χ4n) is 4.46. The lowest BCUT2D eigenvalue weighted by molar-refractivity contribution is 0.0603. The summed E-state index contributed by atoms with van der Waals surface area (Å²) >= 11 is 1.35. The normalized spacial score (nSPS) is 12.9. The Morgan fingerprint density at radius 2 is 1.72 bits per heavy atom. The van der Waals surface area contributed by atoms with Gasteiger partial charge in [0.1, 0.15) is 10.6 Å². The molecule has 1 amide bonds. The molecule has 0 atom stereocenters. The van der Waals surface area contributed by atoms with Crippen molar-refractivity contribution in [1.29, 1.82) is 0 Å². The lowest BCUT2D eigenvalue weighted by Crippen LogP contribution is -2.14. The fourth-order valence-corrected chi connectivity index (χ4v) is 5.41. The Hall–Kier alpha value is -3.44. The van der Waals surface area contributed by atoms with Crippen molar-refractivity contribution in [3.05, 3.63) is 88.3 Å². The minimum Gasteiger partial charge on any atom is -0.465 e. The third kappa shape index (κ3) is 3.69. The highest BCUT2D eigenvalue weighted by Crippen LogP contribution is 2.38. The van der Waals surface area contributed by atoms with Crippen LogP contribution in [0.15, 0.2) is 66.0 Å². The van der Waals surface area contributed by atoms with Crippen LogP contribution in [0.25, 0.3) is 21.9 Å². The lowest BCUT2D eigenvalue weighted by atomic mass is 9.89. The van der Waals surface area contributed by atoms with E-state index < -0.39 is 5.97 Å². The van der Waals surface area contributed by atoms with Gasteiger partial charge in [-0.15, -0.1) is 11.3 Å². The number of thiophene rings is 1. The van der Waals surface area contributed by atoms with Gasteiger partial charge in [-0.2, -0.15) is 0 Å². The molecular formula is C27H23NO3S. The number of carbonyl (C=O) groups is 2. The molecule has 5 heteroatoms. The Morgan fingerprint density at radius 3 is 2.56 bits per heavy atom. The third-order valence-corrected chi connectivity index (χ3v) is 7.00. The Labute approximate surface area is 190 Å². The molecular weight excluding hydrogens is 418 g/mol. The van der Waals surface area contributed by atoms with E-state index in [1.807, 2.05) is 41.8 Å². The highest BCUT2D eigenvalue weighted by molar-refractivity contribution is 7.15. The van der Waals surface area contributed by atoms with Crippen molar-refractivity contribution < 1.29 is 14.3 Å². The second-order valence-corrected chi connectivity index (χ2v) is 8.90. The number of methoxy groups -OCH3 is 1. The summed E-state index contributed by atoms with van der Waals surface area (Å²) in [5, 5.41) is 7.26. The summed E-state index contributed by atoms with van der Waals surface area (Å²) in [6, 6.07) is 19.8. The number of amides is 1. The predicted octanol–water partition coefficient (Wildman–Crippen LogP) is 6.49. The molecule has 4 aromatic rings. The van der Waals surface area contributed by atoms with Crippen LogP contribution in [0.3, 0.4) is 0 Å². The largest absolute Gasteiger partial charge is 0.465 e. The van der Waals surface area contributed by atoms with Crippen molar-refractivity contribution in [2.45, 2.75) is 25.7 Å². The summed E-state index contributed by atoms with van der Waals surface area (Å²) in [5.41, 5.74) is 5.48. The maximum absolute atomic E-state index is 13.2. The maximum atomic E-state index is 13.2. The van der Waals surface area contributed by atoms with Crippen LogP contribution in [0.5, 0.6) is 0 Å². The van der Waals surface area contributed by atoms with Gasteiger partial charge in [-0.25, -0.2) is 4.79 Å². The van der Waals surface area contributed by atoms with Gasteiger partial charge in [0, 0.05) is 16.5 Å². The molecule has 5 rings (SSSR count).